The number of likely N-dealkylation sites (N-methyl/N-ethyl adjacent to an activating group) is 1. The molecule has 7 heteroatoms. The predicted octanol–water partition coefficient (Wildman–Crippen LogP) is 3.14. The van der Waals surface area contributed by atoms with Gasteiger partial charge in [-0.05, 0) is 81.4 Å². The molecule has 3 N–H and O–H groups in total. The molecule has 2 aliphatic rings. The summed E-state index contributed by atoms with van der Waals surface area (Å²) in [6.07, 6.45) is 9.95. The number of nitriles is 1. The van der Waals surface area contributed by atoms with Gasteiger partial charge in [-0.3, -0.25) is 5.10 Å². The molecule has 7 nitrogen and oxygen atoms in total. The van der Waals surface area contributed by atoms with Crippen LogP contribution in [0.5, 0.6) is 0 Å². The van der Waals surface area contributed by atoms with Crippen LogP contribution in [0.3, 0.4) is 0 Å². The first-order chi connectivity index (χ1) is 16.1. The molecule has 0 bridgehead atoms. The van der Waals surface area contributed by atoms with Crippen molar-refractivity contribution < 1.29 is 0 Å². The molecular weight excluding hydrogens is 410 g/mol. The molecule has 0 aliphatic heterocycles. The molecular formula is C26H31N7. The number of aromatic amines is 1. The third-order valence-electron chi connectivity index (χ3n) is 7.20. The van der Waals surface area contributed by atoms with Crippen LogP contribution < -0.4 is 10.6 Å². The van der Waals surface area contributed by atoms with Crippen LogP contribution in [0.25, 0.3) is 10.9 Å². The Morgan fingerprint density at radius 3 is 2.85 bits per heavy atom. The lowest BCUT2D eigenvalue weighted by molar-refractivity contribution is 0.226. The van der Waals surface area contributed by atoms with Gasteiger partial charge in [0.2, 0.25) is 12.2 Å². The van der Waals surface area contributed by atoms with Crippen LogP contribution in [0.4, 0.5) is 0 Å². The van der Waals surface area contributed by atoms with Crippen molar-refractivity contribution in [2.24, 2.45) is 4.99 Å². The van der Waals surface area contributed by atoms with Crippen LogP contribution in [0, 0.1) is 11.5 Å². The zero-order chi connectivity index (χ0) is 22.8. The fourth-order valence-corrected chi connectivity index (χ4v) is 5.29. The van der Waals surface area contributed by atoms with E-state index in [1.807, 2.05) is 12.4 Å². The summed E-state index contributed by atoms with van der Waals surface area (Å²) in [5.41, 5.74) is 5.07. The number of guanidine groups is 1. The van der Waals surface area contributed by atoms with Gasteiger partial charge in [0, 0.05) is 17.5 Å². The minimum absolute atomic E-state index is 0.0931. The SMILES string of the molecule is CN(C)[C@@H](Cc1ccc2[nH]ncc2c1)C1(NC(=NC#N)NC2CCc3ccccc3C2)CC1. The highest BCUT2D eigenvalue weighted by molar-refractivity contribution is 5.82. The van der Waals surface area contributed by atoms with Gasteiger partial charge in [0.15, 0.2) is 0 Å². The molecule has 5 rings (SSSR count). The lowest BCUT2D eigenvalue weighted by Crippen LogP contribution is -2.57. The molecule has 1 unspecified atom stereocenters. The minimum atomic E-state index is -0.0931. The summed E-state index contributed by atoms with van der Waals surface area (Å²) >= 11 is 0. The van der Waals surface area contributed by atoms with Crippen molar-refractivity contribution in [2.75, 3.05) is 14.1 Å². The molecule has 0 amide bonds. The van der Waals surface area contributed by atoms with Gasteiger partial charge in [-0.2, -0.15) is 10.4 Å². The number of nitrogens with one attached hydrogen (secondary N) is 3. The quantitative estimate of drug-likeness (QED) is 0.311. The largest absolute Gasteiger partial charge is 0.352 e. The number of nitrogens with zero attached hydrogens (tertiary/aromatic N) is 4. The fourth-order valence-electron chi connectivity index (χ4n) is 5.29. The average molecular weight is 442 g/mol. The van der Waals surface area contributed by atoms with E-state index in [0.717, 1.165) is 49.4 Å². The molecule has 0 spiro atoms. The van der Waals surface area contributed by atoms with Crippen LogP contribution in [-0.4, -0.2) is 52.8 Å². The first-order valence-electron chi connectivity index (χ1n) is 11.7. The molecule has 1 fully saturated rings. The van der Waals surface area contributed by atoms with Crippen molar-refractivity contribution in [2.45, 2.75) is 56.1 Å². The summed E-state index contributed by atoms with van der Waals surface area (Å²) in [5.74, 6) is 0.608. The van der Waals surface area contributed by atoms with Crippen LogP contribution in [0.1, 0.15) is 36.0 Å². The number of benzene rings is 2. The van der Waals surface area contributed by atoms with Crippen molar-refractivity contribution >= 4 is 16.9 Å². The van der Waals surface area contributed by atoms with E-state index < -0.39 is 0 Å². The van der Waals surface area contributed by atoms with Crippen molar-refractivity contribution in [3.8, 4) is 6.19 Å². The first-order valence-corrected chi connectivity index (χ1v) is 11.7. The Kier molecular flexibility index (Phi) is 5.77. The van der Waals surface area contributed by atoms with Crippen LogP contribution in [0.15, 0.2) is 53.7 Å². The van der Waals surface area contributed by atoms with Crippen molar-refractivity contribution in [1.82, 2.24) is 25.7 Å². The highest BCUT2D eigenvalue weighted by atomic mass is 15.3. The molecule has 2 aliphatic carbocycles. The van der Waals surface area contributed by atoms with Crippen LogP contribution >= 0.6 is 0 Å². The maximum atomic E-state index is 9.37. The zero-order valence-electron chi connectivity index (χ0n) is 19.3. The highest BCUT2D eigenvalue weighted by Crippen LogP contribution is 2.42. The van der Waals surface area contributed by atoms with Gasteiger partial charge >= 0.3 is 0 Å². The third kappa shape index (κ3) is 4.57. The van der Waals surface area contributed by atoms with Gasteiger partial charge < -0.3 is 15.5 Å². The zero-order valence-corrected chi connectivity index (χ0v) is 19.3. The molecule has 0 saturated heterocycles. The highest BCUT2D eigenvalue weighted by Gasteiger charge is 2.51. The minimum Gasteiger partial charge on any atom is -0.352 e. The molecule has 33 heavy (non-hydrogen) atoms. The lowest BCUT2D eigenvalue weighted by Gasteiger charge is -2.35. The molecule has 0 radical (unpaired) electrons. The Morgan fingerprint density at radius 2 is 2.09 bits per heavy atom. The Labute approximate surface area is 194 Å². The number of aliphatic imine (C=N–C) groups is 1. The van der Waals surface area contributed by atoms with Crippen molar-refractivity contribution in [3.63, 3.8) is 0 Å². The summed E-state index contributed by atoms with van der Waals surface area (Å²) in [6.45, 7) is 0. The molecule has 1 heterocycles. The predicted molar refractivity (Wildman–Crippen MR) is 131 cm³/mol. The Hall–Kier alpha value is -3.37. The number of fused-ring (bicyclic) bond motifs is 2. The van der Waals surface area contributed by atoms with E-state index in [1.165, 1.54) is 16.7 Å². The maximum Gasteiger partial charge on any atom is 0.209 e. The smallest absolute Gasteiger partial charge is 0.209 e. The van der Waals surface area contributed by atoms with E-state index in [9.17, 15) is 5.26 Å². The number of aromatic nitrogens is 2. The molecule has 170 valence electrons. The maximum absolute atomic E-state index is 9.37. The van der Waals surface area contributed by atoms with E-state index in [1.54, 1.807) is 0 Å². The molecule has 2 atom stereocenters. The molecule has 1 saturated carbocycles. The van der Waals surface area contributed by atoms with E-state index in [4.69, 9.17) is 0 Å². The van der Waals surface area contributed by atoms with E-state index in [0.29, 0.717) is 5.96 Å². The second-order valence-corrected chi connectivity index (χ2v) is 9.67. The monoisotopic (exact) mass is 441 g/mol. The van der Waals surface area contributed by atoms with Crippen LogP contribution in [-0.2, 0) is 19.3 Å². The second-order valence-electron chi connectivity index (χ2n) is 9.67. The summed E-state index contributed by atoms with van der Waals surface area (Å²) in [5, 5.41) is 24.9. The standard InChI is InChI=1S/C26H31N7/c1-33(2)24(14-18-7-10-23-21(13-18)16-29-32-23)26(11-12-26)31-25(28-17-27)30-22-9-8-19-5-3-4-6-20(19)15-22/h3-7,10,13,16,22,24H,8-9,11-12,14-15H2,1-2H3,(H,29,32)(H2,28,30,31)/t22?,24-/m0/s1. The third-order valence-corrected chi connectivity index (χ3v) is 7.20. The van der Waals surface area contributed by atoms with Crippen molar-refractivity contribution in [1.29, 1.82) is 5.26 Å². The van der Waals surface area contributed by atoms with E-state index in [-0.39, 0.29) is 17.6 Å². The number of hydrogen-bond acceptors (Lipinski definition) is 4. The Balaban J connectivity index is 1.30. The number of hydrogen-bond donors (Lipinski definition) is 3. The van der Waals surface area contributed by atoms with Gasteiger partial charge in [-0.25, -0.2) is 0 Å². The Bertz CT molecular complexity index is 1200. The van der Waals surface area contributed by atoms with Gasteiger partial charge in [-0.1, -0.05) is 30.3 Å². The summed E-state index contributed by atoms with van der Waals surface area (Å²) in [7, 11) is 4.27. The first kappa shape index (κ1) is 21.5. The molecule has 1 aromatic heterocycles. The van der Waals surface area contributed by atoms with E-state index >= 15 is 0 Å². The average Bonchev–Trinajstić information content (AvgIpc) is 3.42. The van der Waals surface area contributed by atoms with Gasteiger partial charge in [0.1, 0.15) is 0 Å². The topological polar surface area (TPSA) is 92.1 Å². The van der Waals surface area contributed by atoms with Crippen LogP contribution in [0.2, 0.25) is 0 Å². The lowest BCUT2D eigenvalue weighted by atomic mass is 9.88. The summed E-state index contributed by atoms with van der Waals surface area (Å²) in [4.78, 5) is 6.44. The van der Waals surface area contributed by atoms with E-state index in [2.05, 4.69) is 87.3 Å². The second kappa shape index (κ2) is 8.87. The molecule has 3 aromatic rings. The normalized spacial score (nSPS) is 20.2. The van der Waals surface area contributed by atoms with Gasteiger partial charge in [0.05, 0.1) is 17.3 Å². The van der Waals surface area contributed by atoms with Crippen molar-refractivity contribution in [3.05, 3.63) is 65.4 Å². The Morgan fingerprint density at radius 1 is 1.27 bits per heavy atom. The molecule has 2 aromatic carbocycles. The number of H-pyrrole nitrogens is 1. The van der Waals surface area contributed by atoms with Gasteiger partial charge in [0.25, 0.3) is 0 Å². The summed E-state index contributed by atoms with van der Waals surface area (Å²) in [6, 6.07) is 15.7. The number of aryl methyl sites for hydroxylation is 1. The van der Waals surface area contributed by atoms with Gasteiger partial charge in [-0.15, -0.1) is 4.99 Å². The summed E-state index contributed by atoms with van der Waals surface area (Å²) < 4.78 is 0. The number of rotatable bonds is 6. The fraction of sp³-hybridized carbons (Fsp3) is 0.423.